The van der Waals surface area contributed by atoms with Gasteiger partial charge in [0, 0.05) is 0 Å². The van der Waals surface area contributed by atoms with Gasteiger partial charge in [-0.1, -0.05) is 13.3 Å². The number of carbonyl (C=O) groups excluding carboxylic acids is 2. The fourth-order valence-electron chi connectivity index (χ4n) is 1.14. The maximum Gasteiger partial charge on any atom is 0.407 e. The second kappa shape index (κ2) is 10.3. The molecule has 0 aromatic carbocycles. The highest BCUT2D eigenvalue weighted by Gasteiger charge is 2.21. The molecule has 0 saturated carbocycles. The molecule has 0 rings (SSSR count). The Labute approximate surface area is 107 Å². The fourth-order valence-corrected chi connectivity index (χ4v) is 2.24. The minimum atomic E-state index is -0.624. The minimum Gasteiger partial charge on any atom is -0.467 e. The van der Waals surface area contributed by atoms with E-state index in [1.807, 2.05) is 0 Å². The van der Waals surface area contributed by atoms with Crippen LogP contribution in [0.25, 0.3) is 0 Å². The van der Waals surface area contributed by atoms with Crippen LogP contribution in [-0.4, -0.2) is 43.8 Å². The molecule has 0 aromatic heterocycles. The van der Waals surface area contributed by atoms with Crippen molar-refractivity contribution in [1.29, 1.82) is 0 Å². The van der Waals surface area contributed by atoms with Gasteiger partial charge in [0.1, 0.15) is 6.04 Å². The number of esters is 1. The topological polar surface area (TPSA) is 64.6 Å². The Hall–Kier alpha value is -0.910. The molecular formula is C11H21NO4S. The predicted octanol–water partition coefficient (Wildman–Crippen LogP) is 1.81. The highest BCUT2D eigenvalue weighted by atomic mass is 32.2. The van der Waals surface area contributed by atoms with Crippen LogP contribution in [0.4, 0.5) is 4.79 Å². The zero-order chi connectivity index (χ0) is 13.1. The van der Waals surface area contributed by atoms with Crippen LogP contribution >= 0.6 is 11.8 Å². The summed E-state index contributed by atoms with van der Waals surface area (Å²) in [5.74, 6) is 1.44. The fraction of sp³-hybridized carbons (Fsp3) is 0.818. The summed E-state index contributed by atoms with van der Waals surface area (Å²) >= 11 is 1.77. The second-order valence-corrected chi connectivity index (χ2v) is 4.69. The molecule has 0 bridgehead atoms. The molecule has 0 spiro atoms. The summed E-state index contributed by atoms with van der Waals surface area (Å²) in [5, 5.41) is 2.46. The van der Waals surface area contributed by atoms with Crippen LogP contribution in [0, 0.1) is 0 Å². The smallest absolute Gasteiger partial charge is 0.407 e. The van der Waals surface area contributed by atoms with Gasteiger partial charge < -0.3 is 14.8 Å². The molecule has 17 heavy (non-hydrogen) atoms. The number of nitrogens with one attached hydrogen (secondary N) is 1. The van der Waals surface area contributed by atoms with Crippen molar-refractivity contribution in [2.45, 2.75) is 32.2 Å². The molecule has 0 fully saturated rings. The molecule has 0 radical (unpaired) electrons. The molecule has 0 heterocycles. The molecule has 0 aliphatic heterocycles. The van der Waals surface area contributed by atoms with Gasteiger partial charge in [0.05, 0.1) is 14.2 Å². The quantitative estimate of drug-likeness (QED) is 0.534. The molecule has 1 amide bonds. The molecular weight excluding hydrogens is 242 g/mol. The van der Waals surface area contributed by atoms with Crippen molar-refractivity contribution < 1.29 is 19.1 Å². The van der Waals surface area contributed by atoms with E-state index >= 15 is 0 Å². The minimum absolute atomic E-state index is 0.438. The van der Waals surface area contributed by atoms with Crippen LogP contribution in [0.15, 0.2) is 0 Å². The molecule has 1 N–H and O–H groups in total. The predicted molar refractivity (Wildman–Crippen MR) is 68.2 cm³/mol. The third kappa shape index (κ3) is 7.90. The normalized spacial score (nSPS) is 11.7. The lowest BCUT2D eigenvalue weighted by atomic mass is 10.2. The average molecular weight is 263 g/mol. The van der Waals surface area contributed by atoms with Gasteiger partial charge in [-0.3, -0.25) is 0 Å². The van der Waals surface area contributed by atoms with E-state index in [9.17, 15) is 9.59 Å². The van der Waals surface area contributed by atoms with Crippen molar-refractivity contribution in [2.75, 3.05) is 25.7 Å². The Morgan fingerprint density at radius 1 is 1.24 bits per heavy atom. The van der Waals surface area contributed by atoms with Crippen LogP contribution in [0.5, 0.6) is 0 Å². The van der Waals surface area contributed by atoms with Crippen LogP contribution in [0.1, 0.15) is 26.2 Å². The first-order valence-corrected chi connectivity index (χ1v) is 6.81. The van der Waals surface area contributed by atoms with Gasteiger partial charge in [0.2, 0.25) is 0 Å². The third-order valence-electron chi connectivity index (χ3n) is 2.16. The van der Waals surface area contributed by atoms with Crippen LogP contribution in [0.2, 0.25) is 0 Å². The van der Waals surface area contributed by atoms with Crippen molar-refractivity contribution in [3.63, 3.8) is 0 Å². The molecule has 6 heteroatoms. The summed E-state index contributed by atoms with van der Waals surface area (Å²) in [6.45, 7) is 2.14. The van der Waals surface area contributed by atoms with Crippen LogP contribution in [-0.2, 0) is 14.3 Å². The van der Waals surface area contributed by atoms with Gasteiger partial charge >= 0.3 is 12.1 Å². The van der Waals surface area contributed by atoms with E-state index in [-0.39, 0.29) is 0 Å². The summed E-state index contributed by atoms with van der Waals surface area (Å²) in [4.78, 5) is 22.4. The monoisotopic (exact) mass is 263 g/mol. The Morgan fingerprint density at radius 3 is 2.47 bits per heavy atom. The Balaban J connectivity index is 3.94. The van der Waals surface area contributed by atoms with E-state index in [1.165, 1.54) is 14.2 Å². The van der Waals surface area contributed by atoms with Gasteiger partial charge in [-0.2, -0.15) is 11.8 Å². The van der Waals surface area contributed by atoms with Gasteiger partial charge in [0.15, 0.2) is 0 Å². The Morgan fingerprint density at radius 2 is 1.94 bits per heavy atom. The van der Waals surface area contributed by atoms with Gasteiger partial charge in [-0.05, 0) is 24.3 Å². The maximum atomic E-state index is 11.4. The lowest BCUT2D eigenvalue weighted by molar-refractivity contribution is -0.143. The first-order valence-electron chi connectivity index (χ1n) is 5.65. The highest BCUT2D eigenvalue weighted by Crippen LogP contribution is 2.08. The molecule has 5 nitrogen and oxygen atoms in total. The molecule has 100 valence electrons. The number of thioether (sulfide) groups is 1. The number of alkyl carbamates (subject to hydrolysis) is 1. The highest BCUT2D eigenvalue weighted by molar-refractivity contribution is 7.99. The van der Waals surface area contributed by atoms with Crippen LogP contribution in [0.3, 0.4) is 0 Å². The van der Waals surface area contributed by atoms with E-state index in [0.717, 1.165) is 24.3 Å². The van der Waals surface area contributed by atoms with E-state index in [4.69, 9.17) is 0 Å². The molecule has 0 aliphatic rings. The first-order chi connectivity index (χ1) is 8.15. The van der Waals surface area contributed by atoms with E-state index in [2.05, 4.69) is 21.7 Å². The summed E-state index contributed by atoms with van der Waals surface area (Å²) < 4.78 is 9.07. The van der Waals surface area contributed by atoms with E-state index in [0.29, 0.717) is 6.42 Å². The molecule has 0 saturated heterocycles. The zero-order valence-corrected chi connectivity index (χ0v) is 11.5. The summed E-state index contributed by atoms with van der Waals surface area (Å²) in [5.41, 5.74) is 0. The Bertz CT molecular complexity index is 236. The van der Waals surface area contributed by atoms with Gasteiger partial charge in [-0.15, -0.1) is 0 Å². The number of methoxy groups -OCH3 is 2. The first kappa shape index (κ1) is 16.1. The number of carbonyl (C=O) groups is 2. The molecule has 1 unspecified atom stereocenters. The summed E-state index contributed by atoms with van der Waals surface area (Å²) in [6.07, 6.45) is 2.26. The largest absolute Gasteiger partial charge is 0.467 e. The third-order valence-corrected chi connectivity index (χ3v) is 3.26. The van der Waals surface area contributed by atoms with Crippen LogP contribution < -0.4 is 5.32 Å². The van der Waals surface area contributed by atoms with Gasteiger partial charge in [-0.25, -0.2) is 9.59 Å². The lowest BCUT2D eigenvalue weighted by Crippen LogP contribution is -2.41. The number of unbranched alkanes of at least 4 members (excludes halogenated alkanes) is 1. The van der Waals surface area contributed by atoms with E-state index < -0.39 is 18.1 Å². The lowest BCUT2D eigenvalue weighted by Gasteiger charge is -2.15. The molecule has 0 aliphatic carbocycles. The summed E-state index contributed by atoms with van der Waals surface area (Å²) in [7, 11) is 2.57. The number of rotatable bonds is 8. The van der Waals surface area contributed by atoms with Crippen molar-refractivity contribution in [1.82, 2.24) is 5.32 Å². The average Bonchev–Trinajstić information content (AvgIpc) is 2.35. The van der Waals surface area contributed by atoms with Crippen molar-refractivity contribution >= 4 is 23.8 Å². The standard InChI is InChI=1S/C11H21NO4S/c1-4-5-7-17-8-6-9(10(13)15-2)12-11(14)16-3/h9H,4-8H2,1-3H3,(H,12,14). The number of hydrogen-bond acceptors (Lipinski definition) is 5. The van der Waals surface area contributed by atoms with Crippen molar-refractivity contribution in [3.8, 4) is 0 Å². The SMILES string of the molecule is CCCCSCCC(NC(=O)OC)C(=O)OC. The molecule has 1 atom stereocenters. The maximum absolute atomic E-state index is 11.4. The van der Waals surface area contributed by atoms with Crippen molar-refractivity contribution in [3.05, 3.63) is 0 Å². The molecule has 0 aromatic rings. The zero-order valence-electron chi connectivity index (χ0n) is 10.7. The number of amides is 1. The summed E-state index contributed by atoms with van der Waals surface area (Å²) in [6, 6.07) is -0.624. The Kier molecular flexibility index (Phi) is 9.71. The second-order valence-electron chi connectivity index (χ2n) is 3.47. The van der Waals surface area contributed by atoms with Crippen molar-refractivity contribution in [2.24, 2.45) is 0 Å². The number of ether oxygens (including phenoxy) is 2. The van der Waals surface area contributed by atoms with E-state index in [1.54, 1.807) is 11.8 Å². The number of hydrogen-bond donors (Lipinski definition) is 1. The van der Waals surface area contributed by atoms with Gasteiger partial charge in [0.25, 0.3) is 0 Å².